The molecule has 1 aliphatic rings. The first kappa shape index (κ1) is 15.4. The molecule has 0 saturated carbocycles. The van der Waals surface area contributed by atoms with E-state index in [9.17, 15) is 13.2 Å². The van der Waals surface area contributed by atoms with Crippen LogP contribution in [0.3, 0.4) is 0 Å². The number of carbonyl (C=O) groups excluding carboxylic acids is 1. The van der Waals surface area contributed by atoms with Crippen molar-refractivity contribution in [2.45, 2.75) is 31.7 Å². The molecule has 0 amide bonds. The zero-order valence-corrected chi connectivity index (χ0v) is 14.0. The third-order valence-electron chi connectivity index (χ3n) is 3.40. The van der Waals surface area contributed by atoms with Gasteiger partial charge in [0.2, 0.25) is 10.0 Å². The number of hydrogen-bond acceptors (Lipinski definition) is 3. The molecule has 0 radical (unpaired) electrons. The SMILES string of the molecule is C[Si](C)(C)CCS(=O)(=O)N1CC1C(=O)c1ccccc1. The molecule has 6 heteroatoms. The van der Waals surface area contributed by atoms with E-state index in [4.69, 9.17) is 0 Å². The van der Waals surface area contributed by atoms with Crippen molar-refractivity contribution in [2.75, 3.05) is 12.3 Å². The van der Waals surface area contributed by atoms with Crippen LogP contribution in [0.25, 0.3) is 0 Å². The Labute approximate surface area is 121 Å². The number of hydrogen-bond donors (Lipinski definition) is 0. The third kappa shape index (κ3) is 3.77. The van der Waals surface area contributed by atoms with Gasteiger partial charge in [0, 0.05) is 20.2 Å². The maximum Gasteiger partial charge on any atom is 0.214 e. The highest BCUT2D eigenvalue weighted by atomic mass is 32.2. The molecule has 20 heavy (non-hydrogen) atoms. The van der Waals surface area contributed by atoms with Crippen LogP contribution in [0.1, 0.15) is 10.4 Å². The Hall–Kier alpha value is -0.983. The number of benzene rings is 1. The van der Waals surface area contributed by atoms with E-state index in [2.05, 4.69) is 19.6 Å². The number of rotatable bonds is 6. The Morgan fingerprint density at radius 3 is 2.40 bits per heavy atom. The third-order valence-corrected chi connectivity index (χ3v) is 7.35. The van der Waals surface area contributed by atoms with Crippen LogP contribution in [-0.4, -0.2) is 44.9 Å². The summed E-state index contributed by atoms with van der Waals surface area (Å²) >= 11 is 0. The van der Waals surface area contributed by atoms with E-state index in [1.807, 2.05) is 6.07 Å². The van der Waals surface area contributed by atoms with Gasteiger partial charge < -0.3 is 0 Å². The topological polar surface area (TPSA) is 54.2 Å². The minimum atomic E-state index is -3.28. The molecule has 4 nitrogen and oxygen atoms in total. The van der Waals surface area contributed by atoms with Crippen LogP contribution in [-0.2, 0) is 10.0 Å². The maximum atomic E-state index is 12.2. The molecule has 1 aromatic rings. The average Bonchev–Trinajstić information content (AvgIpc) is 3.17. The fourth-order valence-corrected chi connectivity index (χ4v) is 6.56. The monoisotopic (exact) mass is 311 g/mol. The van der Waals surface area contributed by atoms with E-state index in [-0.39, 0.29) is 11.5 Å². The first-order valence-corrected chi connectivity index (χ1v) is 12.1. The van der Waals surface area contributed by atoms with Crippen molar-refractivity contribution in [1.29, 1.82) is 0 Å². The van der Waals surface area contributed by atoms with Gasteiger partial charge in [-0.15, -0.1) is 0 Å². The summed E-state index contributed by atoms with van der Waals surface area (Å²) in [5.41, 5.74) is 0.584. The Bertz CT molecular complexity index is 593. The Kier molecular flexibility index (Phi) is 4.18. The quantitative estimate of drug-likeness (QED) is 0.460. The van der Waals surface area contributed by atoms with Crippen molar-refractivity contribution in [3.05, 3.63) is 35.9 Å². The highest BCUT2D eigenvalue weighted by molar-refractivity contribution is 7.89. The van der Waals surface area contributed by atoms with Crippen molar-refractivity contribution >= 4 is 23.9 Å². The van der Waals surface area contributed by atoms with Crippen LogP contribution < -0.4 is 0 Å². The van der Waals surface area contributed by atoms with Crippen LogP contribution in [0.4, 0.5) is 0 Å². The van der Waals surface area contributed by atoms with Crippen molar-refractivity contribution in [1.82, 2.24) is 4.31 Å². The second kappa shape index (κ2) is 5.42. The standard InChI is InChI=1S/C14H21NO3SSi/c1-20(2,3)10-9-19(17,18)15-11-13(15)14(16)12-7-5-4-6-8-12/h4-8,13H,9-11H2,1-3H3. The van der Waals surface area contributed by atoms with E-state index >= 15 is 0 Å². The fourth-order valence-electron chi connectivity index (χ4n) is 1.99. The molecule has 1 heterocycles. The summed E-state index contributed by atoms with van der Waals surface area (Å²) in [5.74, 6) is 0.0727. The largest absolute Gasteiger partial charge is 0.292 e. The Morgan fingerprint density at radius 2 is 1.85 bits per heavy atom. The van der Waals surface area contributed by atoms with Crippen molar-refractivity contribution < 1.29 is 13.2 Å². The van der Waals surface area contributed by atoms with Crippen LogP contribution in [0.15, 0.2) is 30.3 Å². The van der Waals surface area contributed by atoms with Gasteiger partial charge in [0.15, 0.2) is 5.78 Å². The normalized spacial score (nSPS) is 22.6. The molecule has 2 unspecified atom stereocenters. The summed E-state index contributed by atoms with van der Waals surface area (Å²) in [4.78, 5) is 12.2. The molecular weight excluding hydrogens is 290 g/mol. The summed E-state index contributed by atoms with van der Waals surface area (Å²) < 4.78 is 25.7. The van der Waals surface area contributed by atoms with Gasteiger partial charge in [-0.25, -0.2) is 8.42 Å². The van der Waals surface area contributed by atoms with Crippen LogP contribution >= 0.6 is 0 Å². The number of sulfonamides is 1. The molecule has 0 aliphatic carbocycles. The zero-order chi connectivity index (χ0) is 15.0. The summed E-state index contributed by atoms with van der Waals surface area (Å²) in [7, 11) is -4.66. The van der Waals surface area contributed by atoms with E-state index in [0.29, 0.717) is 12.1 Å². The van der Waals surface area contributed by atoms with Gasteiger partial charge in [-0.2, -0.15) is 4.31 Å². The molecule has 1 saturated heterocycles. The summed E-state index contributed by atoms with van der Waals surface area (Å²) in [6.45, 7) is 6.79. The molecule has 110 valence electrons. The fraction of sp³-hybridized carbons (Fsp3) is 0.500. The van der Waals surface area contributed by atoms with Crippen molar-refractivity contribution in [2.24, 2.45) is 0 Å². The molecule has 2 atom stereocenters. The van der Waals surface area contributed by atoms with Gasteiger partial charge in [0.1, 0.15) is 6.04 Å². The highest BCUT2D eigenvalue weighted by Gasteiger charge is 2.48. The van der Waals surface area contributed by atoms with Gasteiger partial charge in [-0.05, 0) is 6.04 Å². The first-order chi connectivity index (χ1) is 9.21. The van der Waals surface area contributed by atoms with Crippen LogP contribution in [0.5, 0.6) is 0 Å². The molecule has 0 spiro atoms. The van der Waals surface area contributed by atoms with E-state index in [1.165, 1.54) is 4.31 Å². The van der Waals surface area contributed by atoms with Gasteiger partial charge in [0.05, 0.1) is 5.75 Å². The molecule has 0 N–H and O–H groups in total. The van der Waals surface area contributed by atoms with Crippen molar-refractivity contribution in [3.8, 4) is 0 Å². The molecular formula is C14H21NO3SSi. The lowest BCUT2D eigenvalue weighted by Gasteiger charge is -2.15. The number of ketones is 1. The van der Waals surface area contributed by atoms with Gasteiger partial charge in [-0.1, -0.05) is 50.0 Å². The second-order valence-electron chi connectivity index (χ2n) is 6.44. The highest BCUT2D eigenvalue weighted by Crippen LogP contribution is 2.27. The van der Waals surface area contributed by atoms with E-state index < -0.39 is 24.1 Å². The predicted molar refractivity (Wildman–Crippen MR) is 83.2 cm³/mol. The van der Waals surface area contributed by atoms with E-state index in [1.54, 1.807) is 24.3 Å². The molecule has 0 bridgehead atoms. The lowest BCUT2D eigenvalue weighted by atomic mass is 10.1. The molecule has 0 aromatic heterocycles. The lowest BCUT2D eigenvalue weighted by Crippen LogP contribution is -2.28. The van der Waals surface area contributed by atoms with Crippen LogP contribution in [0, 0.1) is 0 Å². The van der Waals surface area contributed by atoms with E-state index in [0.717, 1.165) is 6.04 Å². The number of Topliss-reactive ketones (excluding diaryl/α,β-unsaturated/α-hetero) is 1. The maximum absolute atomic E-state index is 12.2. The summed E-state index contributed by atoms with van der Waals surface area (Å²) in [6, 6.07) is 9.13. The number of carbonyl (C=O) groups is 1. The molecule has 1 aromatic carbocycles. The van der Waals surface area contributed by atoms with Crippen LogP contribution in [0.2, 0.25) is 25.7 Å². The average molecular weight is 311 g/mol. The molecule has 1 fully saturated rings. The minimum Gasteiger partial charge on any atom is -0.292 e. The molecule has 1 aliphatic heterocycles. The lowest BCUT2D eigenvalue weighted by molar-refractivity contribution is 0.0983. The molecule has 2 rings (SSSR count). The number of nitrogens with zero attached hydrogens (tertiary/aromatic N) is 1. The smallest absolute Gasteiger partial charge is 0.214 e. The Morgan fingerprint density at radius 1 is 1.25 bits per heavy atom. The summed E-state index contributed by atoms with van der Waals surface area (Å²) in [5, 5.41) is 0. The zero-order valence-electron chi connectivity index (χ0n) is 12.2. The predicted octanol–water partition coefficient (Wildman–Crippen LogP) is 2.22. The first-order valence-electron chi connectivity index (χ1n) is 6.79. The van der Waals surface area contributed by atoms with Gasteiger partial charge in [-0.3, -0.25) is 4.79 Å². The Balaban J connectivity index is 1.99. The van der Waals surface area contributed by atoms with Crippen molar-refractivity contribution in [3.63, 3.8) is 0 Å². The summed E-state index contributed by atoms with van der Waals surface area (Å²) in [6.07, 6.45) is 0. The minimum absolute atomic E-state index is 0.0952. The van der Waals surface area contributed by atoms with Gasteiger partial charge in [0.25, 0.3) is 0 Å². The second-order valence-corrected chi connectivity index (χ2v) is 14.1. The van der Waals surface area contributed by atoms with Gasteiger partial charge >= 0.3 is 0 Å².